The van der Waals surface area contributed by atoms with Gasteiger partial charge >= 0.3 is 0 Å². The number of nitrogens with one attached hydrogen (secondary N) is 1. The molecule has 0 aromatic heterocycles. The average molecular weight is 260 g/mol. The summed E-state index contributed by atoms with van der Waals surface area (Å²) in [5, 5.41) is 7.84. The predicted molar refractivity (Wildman–Crippen MR) is 64.8 cm³/mol. The van der Waals surface area contributed by atoms with E-state index in [1.54, 1.807) is 6.92 Å². The van der Waals surface area contributed by atoms with E-state index in [1.807, 2.05) is 19.9 Å². The van der Waals surface area contributed by atoms with Gasteiger partial charge in [-0.1, -0.05) is 6.92 Å². The zero-order valence-electron chi connectivity index (χ0n) is 10.6. The maximum Gasteiger partial charge on any atom is 0.228 e. The predicted octanol–water partition coefficient (Wildman–Crippen LogP) is 1.17. The number of sulfonamides is 1. The van der Waals surface area contributed by atoms with Crippen molar-refractivity contribution in [3.8, 4) is 6.07 Å². The van der Waals surface area contributed by atoms with Gasteiger partial charge in [-0.25, -0.2) is 13.1 Å². The molecule has 1 fully saturated rings. The maximum absolute atomic E-state index is 11.9. The monoisotopic (exact) mass is 260 g/mol. The molecule has 5 nitrogen and oxygen atoms in total. The minimum atomic E-state index is -3.54. The Balaban J connectivity index is 2.69. The van der Waals surface area contributed by atoms with E-state index >= 15 is 0 Å². The number of hydrogen-bond donors (Lipinski definition) is 1. The Hall–Kier alpha value is -0.640. The van der Waals surface area contributed by atoms with Crippen LogP contribution in [0.5, 0.6) is 0 Å². The van der Waals surface area contributed by atoms with Crippen LogP contribution in [0.25, 0.3) is 0 Å². The highest BCUT2D eigenvalue weighted by Crippen LogP contribution is 2.24. The van der Waals surface area contributed by atoms with Gasteiger partial charge < -0.3 is 4.74 Å². The van der Waals surface area contributed by atoms with Gasteiger partial charge in [0.1, 0.15) is 0 Å². The van der Waals surface area contributed by atoms with Gasteiger partial charge in [-0.05, 0) is 33.1 Å². The molecule has 2 atom stereocenters. The van der Waals surface area contributed by atoms with Crippen molar-refractivity contribution in [3.63, 3.8) is 0 Å². The van der Waals surface area contributed by atoms with E-state index in [1.165, 1.54) is 0 Å². The molecule has 0 aromatic rings. The molecule has 0 amide bonds. The number of hydrogen-bond acceptors (Lipinski definition) is 4. The quantitative estimate of drug-likeness (QED) is 0.822. The summed E-state index contributed by atoms with van der Waals surface area (Å²) in [5.41, 5.74) is -0.306. The van der Waals surface area contributed by atoms with Crippen LogP contribution in [0.1, 0.15) is 40.0 Å². The van der Waals surface area contributed by atoms with Crippen molar-refractivity contribution in [3.05, 3.63) is 0 Å². The van der Waals surface area contributed by atoms with E-state index in [4.69, 9.17) is 10.00 Å². The molecule has 0 radical (unpaired) electrons. The highest BCUT2D eigenvalue weighted by atomic mass is 32.2. The molecule has 0 saturated carbocycles. The Morgan fingerprint density at radius 3 is 2.71 bits per heavy atom. The molecule has 1 aliphatic heterocycles. The lowest BCUT2D eigenvalue weighted by Gasteiger charge is -2.35. The lowest BCUT2D eigenvalue weighted by Crippen LogP contribution is -2.47. The Labute approximate surface area is 103 Å². The first-order chi connectivity index (χ1) is 7.80. The molecule has 1 heterocycles. The lowest BCUT2D eigenvalue weighted by molar-refractivity contribution is -0.0599. The van der Waals surface area contributed by atoms with Crippen LogP contribution in [0.3, 0.4) is 0 Å². The maximum atomic E-state index is 11.9. The van der Waals surface area contributed by atoms with Crippen molar-refractivity contribution >= 4 is 10.0 Å². The summed E-state index contributed by atoms with van der Waals surface area (Å²) in [4.78, 5) is 0. The van der Waals surface area contributed by atoms with Gasteiger partial charge in [0.05, 0.1) is 11.7 Å². The number of rotatable bonds is 4. The van der Waals surface area contributed by atoms with Crippen LogP contribution in [0.2, 0.25) is 0 Å². The third-order valence-corrected chi connectivity index (χ3v) is 4.77. The van der Waals surface area contributed by atoms with Crippen molar-refractivity contribution in [2.45, 2.75) is 56.9 Å². The molecule has 1 N–H and O–H groups in total. The summed E-state index contributed by atoms with van der Waals surface area (Å²) in [6, 6.07) is 1.69. The van der Waals surface area contributed by atoms with Crippen molar-refractivity contribution in [1.29, 1.82) is 5.26 Å². The lowest BCUT2D eigenvalue weighted by atomic mass is 9.95. The van der Waals surface area contributed by atoms with Gasteiger partial charge in [0.15, 0.2) is 5.25 Å². The second kappa shape index (κ2) is 5.34. The van der Waals surface area contributed by atoms with Crippen LogP contribution in [0, 0.1) is 11.3 Å². The number of ether oxygens (including phenoxy) is 1. The van der Waals surface area contributed by atoms with Gasteiger partial charge in [0.2, 0.25) is 10.0 Å². The minimum absolute atomic E-state index is 0.133. The topological polar surface area (TPSA) is 79.2 Å². The smallest absolute Gasteiger partial charge is 0.228 e. The Morgan fingerprint density at radius 1 is 1.59 bits per heavy atom. The van der Waals surface area contributed by atoms with Crippen molar-refractivity contribution in [1.82, 2.24) is 4.72 Å². The highest BCUT2D eigenvalue weighted by Gasteiger charge is 2.33. The molecule has 98 valence electrons. The summed E-state index contributed by atoms with van der Waals surface area (Å²) < 4.78 is 31.9. The summed E-state index contributed by atoms with van der Waals surface area (Å²) in [6.07, 6.45) is 1.59. The summed E-state index contributed by atoms with van der Waals surface area (Å²) in [5.74, 6) is 0. The van der Waals surface area contributed by atoms with Crippen LogP contribution in [0.15, 0.2) is 0 Å². The first-order valence-electron chi connectivity index (χ1n) is 5.85. The highest BCUT2D eigenvalue weighted by molar-refractivity contribution is 7.90. The molecule has 0 aliphatic carbocycles. The molecule has 2 unspecified atom stereocenters. The third-order valence-electron chi connectivity index (χ3n) is 2.92. The Bertz CT molecular complexity index is 397. The minimum Gasteiger partial charge on any atom is -0.375 e. The molecular formula is C11H20N2O3S. The molecule has 0 spiro atoms. The van der Waals surface area contributed by atoms with E-state index in [0.29, 0.717) is 25.9 Å². The van der Waals surface area contributed by atoms with Gasteiger partial charge in [0.25, 0.3) is 0 Å². The van der Waals surface area contributed by atoms with E-state index in [9.17, 15) is 8.42 Å². The van der Waals surface area contributed by atoms with Gasteiger partial charge in [-0.2, -0.15) is 5.26 Å². The zero-order valence-corrected chi connectivity index (χ0v) is 11.4. The second-order valence-corrected chi connectivity index (χ2v) is 6.88. The van der Waals surface area contributed by atoms with E-state index in [0.717, 1.165) is 0 Å². The van der Waals surface area contributed by atoms with Crippen LogP contribution in [-0.2, 0) is 14.8 Å². The first-order valence-corrected chi connectivity index (χ1v) is 7.40. The molecular weight excluding hydrogens is 240 g/mol. The number of nitriles is 1. The molecule has 17 heavy (non-hydrogen) atoms. The van der Waals surface area contributed by atoms with E-state index in [2.05, 4.69) is 4.72 Å². The number of nitrogens with zero attached hydrogens (tertiary/aromatic N) is 1. The normalized spacial score (nSPS) is 26.1. The van der Waals surface area contributed by atoms with E-state index < -0.39 is 15.3 Å². The van der Waals surface area contributed by atoms with Gasteiger partial charge in [-0.15, -0.1) is 0 Å². The van der Waals surface area contributed by atoms with Crippen LogP contribution in [-0.4, -0.2) is 31.9 Å². The fourth-order valence-electron chi connectivity index (χ4n) is 2.03. The van der Waals surface area contributed by atoms with Gasteiger partial charge in [-0.3, -0.25) is 0 Å². The SMILES string of the molecule is CCC(C#N)S(=O)(=O)NC1CCOC(C)(C)C1. The van der Waals surface area contributed by atoms with E-state index in [-0.39, 0.29) is 11.6 Å². The van der Waals surface area contributed by atoms with Crippen molar-refractivity contribution in [2.75, 3.05) is 6.61 Å². The summed E-state index contributed by atoms with van der Waals surface area (Å²) in [7, 11) is -3.54. The summed E-state index contributed by atoms with van der Waals surface area (Å²) in [6.45, 7) is 6.12. The largest absolute Gasteiger partial charge is 0.375 e. The van der Waals surface area contributed by atoms with Crippen LogP contribution < -0.4 is 4.72 Å². The molecule has 0 bridgehead atoms. The standard InChI is InChI=1S/C11H20N2O3S/c1-4-10(8-12)17(14,15)13-9-5-6-16-11(2,3)7-9/h9-10,13H,4-7H2,1-3H3. The Kier molecular flexibility index (Phi) is 4.53. The Morgan fingerprint density at radius 2 is 2.24 bits per heavy atom. The molecule has 1 aliphatic rings. The fourth-order valence-corrected chi connectivity index (χ4v) is 3.43. The average Bonchev–Trinajstić information content (AvgIpc) is 2.16. The summed E-state index contributed by atoms with van der Waals surface area (Å²) >= 11 is 0. The third kappa shape index (κ3) is 3.95. The van der Waals surface area contributed by atoms with Crippen LogP contribution >= 0.6 is 0 Å². The molecule has 1 saturated heterocycles. The molecule has 0 aromatic carbocycles. The van der Waals surface area contributed by atoms with Crippen molar-refractivity contribution < 1.29 is 13.2 Å². The molecule has 1 rings (SSSR count). The zero-order chi connectivity index (χ0) is 13.1. The second-order valence-electron chi connectivity index (χ2n) is 4.99. The van der Waals surface area contributed by atoms with Gasteiger partial charge in [0, 0.05) is 12.6 Å². The van der Waals surface area contributed by atoms with Crippen molar-refractivity contribution in [2.24, 2.45) is 0 Å². The first kappa shape index (κ1) is 14.4. The van der Waals surface area contributed by atoms with Crippen LogP contribution in [0.4, 0.5) is 0 Å². The fraction of sp³-hybridized carbons (Fsp3) is 0.909. The molecule has 6 heteroatoms.